The molecule has 1 amide bonds. The summed E-state index contributed by atoms with van der Waals surface area (Å²) in [6.07, 6.45) is 1.41. The number of hydrogen-bond donors (Lipinski definition) is 1. The topological polar surface area (TPSA) is 68.3 Å². The second-order valence-corrected chi connectivity index (χ2v) is 4.70. The van der Waals surface area contributed by atoms with Gasteiger partial charge in [-0.05, 0) is 31.2 Å². The molecule has 108 valence electrons. The van der Waals surface area contributed by atoms with E-state index in [4.69, 9.17) is 16.3 Å². The molecule has 1 aromatic heterocycles. The Kier molecular flexibility index (Phi) is 4.90. The van der Waals surface area contributed by atoms with Crippen LogP contribution in [0.25, 0.3) is 0 Å². The van der Waals surface area contributed by atoms with E-state index in [9.17, 15) is 9.59 Å². The Hall–Kier alpha value is -2.40. The average molecular weight is 305 g/mol. The van der Waals surface area contributed by atoms with Crippen molar-refractivity contribution in [1.29, 1.82) is 0 Å². The number of pyridine rings is 1. The number of aryl methyl sites for hydroxylation is 1. The van der Waals surface area contributed by atoms with Crippen molar-refractivity contribution in [3.63, 3.8) is 0 Å². The lowest BCUT2D eigenvalue weighted by molar-refractivity contribution is -0.119. The van der Waals surface area contributed by atoms with E-state index in [1.54, 1.807) is 36.4 Å². The molecule has 0 radical (unpaired) electrons. The van der Waals surface area contributed by atoms with Gasteiger partial charge in [-0.25, -0.2) is 4.79 Å². The quantitative estimate of drug-likeness (QED) is 0.882. The van der Waals surface area contributed by atoms with Gasteiger partial charge in [0, 0.05) is 11.9 Å². The summed E-state index contributed by atoms with van der Waals surface area (Å²) in [5.41, 5.74) is 1.56. The second-order valence-electron chi connectivity index (χ2n) is 4.29. The van der Waals surface area contributed by atoms with E-state index in [0.29, 0.717) is 16.3 Å². The number of anilines is 1. The number of esters is 1. The third-order valence-electron chi connectivity index (χ3n) is 2.63. The van der Waals surface area contributed by atoms with Gasteiger partial charge < -0.3 is 10.1 Å². The number of carbonyl (C=O) groups is 2. The summed E-state index contributed by atoms with van der Waals surface area (Å²) < 4.78 is 4.91. The highest BCUT2D eigenvalue weighted by molar-refractivity contribution is 6.33. The largest absolute Gasteiger partial charge is 0.452 e. The highest BCUT2D eigenvalue weighted by Gasteiger charge is 2.11. The lowest BCUT2D eigenvalue weighted by Crippen LogP contribution is -2.21. The van der Waals surface area contributed by atoms with Gasteiger partial charge >= 0.3 is 5.97 Å². The maximum atomic E-state index is 11.7. The first-order chi connectivity index (χ1) is 10.1. The van der Waals surface area contributed by atoms with Crippen LogP contribution in [0.1, 0.15) is 16.1 Å². The monoisotopic (exact) mass is 304 g/mol. The van der Waals surface area contributed by atoms with Crippen LogP contribution in [-0.2, 0) is 9.53 Å². The first kappa shape index (κ1) is 15.0. The van der Waals surface area contributed by atoms with Crippen molar-refractivity contribution in [3.05, 3.63) is 58.9 Å². The summed E-state index contributed by atoms with van der Waals surface area (Å²) in [4.78, 5) is 27.4. The van der Waals surface area contributed by atoms with E-state index in [1.807, 2.05) is 6.92 Å². The van der Waals surface area contributed by atoms with Crippen molar-refractivity contribution in [2.45, 2.75) is 6.92 Å². The minimum atomic E-state index is -0.600. The lowest BCUT2D eigenvalue weighted by atomic mass is 10.2. The molecule has 0 atom stereocenters. The van der Waals surface area contributed by atoms with Crippen LogP contribution in [0.15, 0.2) is 42.6 Å². The molecule has 0 aliphatic carbocycles. The van der Waals surface area contributed by atoms with Crippen LogP contribution in [-0.4, -0.2) is 23.5 Å². The molecule has 1 aromatic carbocycles. The van der Waals surface area contributed by atoms with Crippen molar-refractivity contribution >= 4 is 29.2 Å². The van der Waals surface area contributed by atoms with E-state index in [1.165, 1.54) is 6.20 Å². The van der Waals surface area contributed by atoms with E-state index in [0.717, 1.165) is 5.69 Å². The predicted octanol–water partition coefficient (Wildman–Crippen LogP) is 2.84. The zero-order valence-corrected chi connectivity index (χ0v) is 12.1. The van der Waals surface area contributed by atoms with Gasteiger partial charge in [0.05, 0.1) is 16.3 Å². The number of para-hydroxylation sites is 1. The highest BCUT2D eigenvalue weighted by atomic mass is 35.5. The molecule has 21 heavy (non-hydrogen) atoms. The Labute approximate surface area is 126 Å². The molecule has 0 aliphatic heterocycles. The average Bonchev–Trinajstić information content (AvgIpc) is 2.48. The first-order valence-electron chi connectivity index (χ1n) is 6.20. The lowest BCUT2D eigenvalue weighted by Gasteiger charge is -2.07. The molecule has 2 aromatic rings. The third-order valence-corrected chi connectivity index (χ3v) is 2.96. The minimum Gasteiger partial charge on any atom is -0.452 e. The van der Waals surface area contributed by atoms with E-state index < -0.39 is 18.5 Å². The van der Waals surface area contributed by atoms with Crippen LogP contribution in [0.5, 0.6) is 0 Å². The van der Waals surface area contributed by atoms with E-state index in [2.05, 4.69) is 10.3 Å². The Morgan fingerprint density at radius 1 is 1.24 bits per heavy atom. The number of nitrogens with one attached hydrogen (secondary N) is 1. The summed E-state index contributed by atoms with van der Waals surface area (Å²) in [6.45, 7) is 1.42. The van der Waals surface area contributed by atoms with Crippen molar-refractivity contribution < 1.29 is 14.3 Å². The van der Waals surface area contributed by atoms with E-state index >= 15 is 0 Å². The van der Waals surface area contributed by atoms with Gasteiger partial charge in [0.25, 0.3) is 5.91 Å². The summed E-state index contributed by atoms with van der Waals surface area (Å²) >= 11 is 5.91. The second kappa shape index (κ2) is 6.85. The smallest absolute Gasteiger partial charge is 0.340 e. The first-order valence-corrected chi connectivity index (χ1v) is 6.58. The summed E-state index contributed by atoms with van der Waals surface area (Å²) in [5.74, 6) is -1.06. The molecule has 0 unspecified atom stereocenters. The van der Waals surface area contributed by atoms with Gasteiger partial charge in [0.2, 0.25) is 0 Å². The van der Waals surface area contributed by atoms with Gasteiger partial charge in [-0.3, -0.25) is 9.78 Å². The molecule has 2 rings (SSSR count). The number of amides is 1. The third kappa shape index (κ3) is 4.29. The standard InChI is InChI=1S/C15H13ClN2O3/c1-10-6-7-11(8-17-10)15(20)21-9-14(19)18-13-5-3-2-4-12(13)16/h2-8H,9H2,1H3,(H,18,19). The van der Waals surface area contributed by atoms with Crippen molar-refractivity contribution in [2.75, 3.05) is 11.9 Å². The summed E-state index contributed by atoms with van der Waals surface area (Å²) in [6, 6.07) is 10.1. The number of aromatic nitrogens is 1. The number of benzene rings is 1. The number of carbonyl (C=O) groups excluding carboxylic acids is 2. The minimum absolute atomic E-state index is 0.297. The molecular weight excluding hydrogens is 292 g/mol. The number of halogens is 1. The Balaban J connectivity index is 1.88. The molecule has 0 spiro atoms. The number of rotatable bonds is 4. The van der Waals surface area contributed by atoms with Gasteiger partial charge in [0.1, 0.15) is 0 Å². The van der Waals surface area contributed by atoms with Crippen LogP contribution >= 0.6 is 11.6 Å². The van der Waals surface area contributed by atoms with Gasteiger partial charge in [0.15, 0.2) is 6.61 Å². The maximum absolute atomic E-state index is 11.7. The summed E-state index contributed by atoms with van der Waals surface area (Å²) in [7, 11) is 0. The Bertz CT molecular complexity index is 656. The molecule has 1 heterocycles. The Morgan fingerprint density at radius 3 is 2.67 bits per heavy atom. The number of ether oxygens (including phenoxy) is 1. The van der Waals surface area contributed by atoms with Gasteiger partial charge in [-0.2, -0.15) is 0 Å². The van der Waals surface area contributed by atoms with Crippen LogP contribution in [0.2, 0.25) is 5.02 Å². The molecule has 0 fully saturated rings. The highest BCUT2D eigenvalue weighted by Crippen LogP contribution is 2.20. The van der Waals surface area contributed by atoms with Crippen molar-refractivity contribution in [2.24, 2.45) is 0 Å². The van der Waals surface area contributed by atoms with E-state index in [-0.39, 0.29) is 0 Å². The molecule has 0 bridgehead atoms. The van der Waals surface area contributed by atoms with Crippen LogP contribution < -0.4 is 5.32 Å². The van der Waals surface area contributed by atoms with Gasteiger partial charge in [-0.1, -0.05) is 23.7 Å². The maximum Gasteiger partial charge on any atom is 0.340 e. The fraction of sp³-hybridized carbons (Fsp3) is 0.133. The van der Waals surface area contributed by atoms with Crippen LogP contribution in [0.3, 0.4) is 0 Å². The molecule has 0 saturated carbocycles. The molecule has 5 nitrogen and oxygen atoms in total. The molecule has 1 N–H and O–H groups in total. The molecular formula is C15H13ClN2O3. The predicted molar refractivity (Wildman–Crippen MR) is 79.3 cm³/mol. The van der Waals surface area contributed by atoms with Crippen molar-refractivity contribution in [1.82, 2.24) is 4.98 Å². The molecule has 0 saturated heterocycles. The normalized spacial score (nSPS) is 10.0. The zero-order valence-electron chi connectivity index (χ0n) is 11.3. The molecule has 6 heteroatoms. The van der Waals surface area contributed by atoms with Crippen molar-refractivity contribution in [3.8, 4) is 0 Å². The number of nitrogens with zero attached hydrogens (tertiary/aromatic N) is 1. The SMILES string of the molecule is Cc1ccc(C(=O)OCC(=O)Nc2ccccc2Cl)cn1. The van der Waals surface area contributed by atoms with Gasteiger partial charge in [-0.15, -0.1) is 0 Å². The fourth-order valence-corrected chi connectivity index (χ4v) is 1.73. The van der Waals surface area contributed by atoms with Crippen LogP contribution in [0.4, 0.5) is 5.69 Å². The fourth-order valence-electron chi connectivity index (χ4n) is 1.55. The van der Waals surface area contributed by atoms with Crippen LogP contribution in [0, 0.1) is 6.92 Å². The summed E-state index contributed by atoms with van der Waals surface area (Å²) in [5, 5.41) is 2.98. The molecule has 0 aliphatic rings. The number of hydrogen-bond acceptors (Lipinski definition) is 4. The Morgan fingerprint density at radius 2 is 2.00 bits per heavy atom. The zero-order chi connectivity index (χ0) is 15.2.